The maximum atomic E-state index is 5.61. The van der Waals surface area contributed by atoms with Crippen molar-refractivity contribution in [1.82, 2.24) is 4.98 Å². The average Bonchev–Trinajstić information content (AvgIpc) is 2.13. The summed E-state index contributed by atoms with van der Waals surface area (Å²) in [6.07, 6.45) is 1.55. The monoisotopic (exact) mass is 183 g/mol. The van der Waals surface area contributed by atoms with Crippen LogP contribution in [0, 0.1) is 0 Å². The maximum absolute atomic E-state index is 5.61. The lowest BCUT2D eigenvalue weighted by Crippen LogP contribution is -2.08. The number of nitrogens with zero attached hydrogens (tertiary/aromatic N) is 1. The molecule has 0 fully saturated rings. The zero-order valence-electron chi connectivity index (χ0n) is 7.49. The van der Waals surface area contributed by atoms with Gasteiger partial charge in [0, 0.05) is 13.3 Å². The predicted molar refractivity (Wildman–Crippen MR) is 50.4 cm³/mol. The van der Waals surface area contributed by atoms with E-state index in [4.69, 9.17) is 20.9 Å². The molecule has 1 aromatic rings. The first-order chi connectivity index (χ1) is 6.25. The van der Waals surface area contributed by atoms with Crippen LogP contribution in [0.4, 0.5) is 11.4 Å². The van der Waals surface area contributed by atoms with Gasteiger partial charge >= 0.3 is 0 Å². The molecule has 0 amide bonds. The topological polar surface area (TPSA) is 83.4 Å². The fourth-order valence-electron chi connectivity index (χ4n) is 0.805. The summed E-state index contributed by atoms with van der Waals surface area (Å²) in [7, 11) is 1.60. The lowest BCUT2D eigenvalue weighted by molar-refractivity contribution is 0.144. The predicted octanol–water partition coefficient (Wildman–Crippen LogP) is 0.271. The second-order valence-corrected chi connectivity index (χ2v) is 2.46. The maximum Gasteiger partial charge on any atom is 0.239 e. The fourth-order valence-corrected chi connectivity index (χ4v) is 0.805. The summed E-state index contributed by atoms with van der Waals surface area (Å²) < 4.78 is 10.0. The third-order valence-corrected chi connectivity index (χ3v) is 1.51. The van der Waals surface area contributed by atoms with Gasteiger partial charge in [0.25, 0.3) is 0 Å². The standard InChI is InChI=1S/C8H13N3O2/c1-12-4-5-13-8-7(10)6(9)2-3-11-8/h2-3H,4-5,10H2,1H3,(H2,9,11). The molecule has 1 rings (SSSR count). The third-order valence-electron chi connectivity index (χ3n) is 1.51. The molecule has 72 valence electrons. The van der Waals surface area contributed by atoms with Crippen molar-refractivity contribution in [3.8, 4) is 5.88 Å². The van der Waals surface area contributed by atoms with E-state index in [1.165, 1.54) is 0 Å². The molecule has 1 aromatic heterocycles. The number of nitrogens with two attached hydrogens (primary N) is 2. The number of pyridine rings is 1. The quantitative estimate of drug-likeness (QED) is 0.655. The van der Waals surface area contributed by atoms with Gasteiger partial charge in [-0.2, -0.15) is 0 Å². The molecule has 0 aliphatic carbocycles. The van der Waals surface area contributed by atoms with Gasteiger partial charge in [-0.15, -0.1) is 0 Å². The summed E-state index contributed by atoms with van der Waals surface area (Å²) in [5.41, 5.74) is 12.0. The van der Waals surface area contributed by atoms with Gasteiger partial charge in [0.05, 0.1) is 12.3 Å². The Bertz CT molecular complexity index is 278. The number of hydrogen-bond donors (Lipinski definition) is 2. The van der Waals surface area contributed by atoms with Crippen LogP contribution in [0.25, 0.3) is 0 Å². The van der Waals surface area contributed by atoms with Gasteiger partial charge in [-0.3, -0.25) is 0 Å². The van der Waals surface area contributed by atoms with Crippen LogP contribution in [0.15, 0.2) is 12.3 Å². The van der Waals surface area contributed by atoms with Gasteiger partial charge in [0.2, 0.25) is 5.88 Å². The van der Waals surface area contributed by atoms with Gasteiger partial charge in [0.1, 0.15) is 12.3 Å². The van der Waals surface area contributed by atoms with E-state index >= 15 is 0 Å². The van der Waals surface area contributed by atoms with Crippen molar-refractivity contribution in [2.24, 2.45) is 0 Å². The van der Waals surface area contributed by atoms with Crippen LogP contribution in [0.1, 0.15) is 0 Å². The minimum atomic E-state index is 0.358. The first kappa shape index (κ1) is 9.60. The van der Waals surface area contributed by atoms with Crippen molar-refractivity contribution < 1.29 is 9.47 Å². The molecule has 13 heavy (non-hydrogen) atoms. The molecule has 0 atom stereocenters. The van der Waals surface area contributed by atoms with Crippen molar-refractivity contribution in [3.63, 3.8) is 0 Å². The van der Waals surface area contributed by atoms with Crippen LogP contribution >= 0.6 is 0 Å². The van der Waals surface area contributed by atoms with E-state index in [9.17, 15) is 0 Å². The largest absolute Gasteiger partial charge is 0.474 e. The van der Waals surface area contributed by atoms with E-state index in [0.29, 0.717) is 30.5 Å². The van der Waals surface area contributed by atoms with Crippen LogP contribution in [0.2, 0.25) is 0 Å². The number of aromatic nitrogens is 1. The van der Waals surface area contributed by atoms with Crippen molar-refractivity contribution in [3.05, 3.63) is 12.3 Å². The van der Waals surface area contributed by atoms with Crippen molar-refractivity contribution in [2.75, 3.05) is 31.8 Å². The molecular weight excluding hydrogens is 170 g/mol. The van der Waals surface area contributed by atoms with Gasteiger partial charge in [-0.05, 0) is 6.07 Å². The molecule has 0 saturated heterocycles. The number of rotatable bonds is 4. The molecule has 0 saturated carbocycles. The lowest BCUT2D eigenvalue weighted by atomic mass is 10.3. The normalized spacial score (nSPS) is 9.92. The highest BCUT2D eigenvalue weighted by molar-refractivity contribution is 5.67. The van der Waals surface area contributed by atoms with E-state index < -0.39 is 0 Å². The number of anilines is 2. The molecule has 0 aliphatic rings. The molecule has 0 bridgehead atoms. The smallest absolute Gasteiger partial charge is 0.239 e. The van der Waals surface area contributed by atoms with Gasteiger partial charge in [-0.25, -0.2) is 4.98 Å². The van der Waals surface area contributed by atoms with E-state index in [1.54, 1.807) is 19.4 Å². The minimum Gasteiger partial charge on any atom is -0.474 e. The van der Waals surface area contributed by atoms with Gasteiger partial charge in [0.15, 0.2) is 0 Å². The van der Waals surface area contributed by atoms with Gasteiger partial charge < -0.3 is 20.9 Å². The summed E-state index contributed by atoms with van der Waals surface area (Å²) >= 11 is 0. The highest BCUT2D eigenvalue weighted by Crippen LogP contribution is 2.23. The highest BCUT2D eigenvalue weighted by atomic mass is 16.5. The number of ether oxygens (including phenoxy) is 2. The van der Waals surface area contributed by atoms with Crippen molar-refractivity contribution >= 4 is 11.4 Å². The highest BCUT2D eigenvalue weighted by Gasteiger charge is 2.03. The van der Waals surface area contributed by atoms with Crippen LogP contribution in [-0.4, -0.2) is 25.3 Å². The van der Waals surface area contributed by atoms with Crippen LogP contribution in [0.5, 0.6) is 5.88 Å². The Labute approximate surface area is 76.7 Å². The van der Waals surface area contributed by atoms with Gasteiger partial charge in [-0.1, -0.05) is 0 Å². The zero-order chi connectivity index (χ0) is 9.68. The Kier molecular flexibility index (Phi) is 3.33. The molecule has 0 aromatic carbocycles. The minimum absolute atomic E-state index is 0.358. The lowest BCUT2D eigenvalue weighted by Gasteiger charge is -2.07. The molecule has 0 unspecified atom stereocenters. The number of methoxy groups -OCH3 is 1. The molecule has 1 heterocycles. The molecule has 5 nitrogen and oxygen atoms in total. The fraction of sp³-hybridized carbons (Fsp3) is 0.375. The Balaban J connectivity index is 2.61. The molecular formula is C8H13N3O2. The third kappa shape index (κ3) is 2.48. The second-order valence-electron chi connectivity index (χ2n) is 2.46. The molecule has 4 N–H and O–H groups in total. The van der Waals surface area contributed by atoms with E-state index in [1.807, 2.05) is 0 Å². The molecule has 0 aliphatic heterocycles. The Morgan fingerprint density at radius 2 is 2.15 bits per heavy atom. The van der Waals surface area contributed by atoms with Crippen molar-refractivity contribution in [1.29, 1.82) is 0 Å². The van der Waals surface area contributed by atoms with E-state index in [0.717, 1.165) is 0 Å². The second kappa shape index (κ2) is 4.51. The molecule has 0 spiro atoms. The molecule has 5 heteroatoms. The molecule has 0 radical (unpaired) electrons. The SMILES string of the molecule is COCCOc1nccc(N)c1N. The van der Waals surface area contributed by atoms with Crippen LogP contribution < -0.4 is 16.2 Å². The Hall–Kier alpha value is -1.49. The summed E-state index contributed by atoms with van der Waals surface area (Å²) in [5.74, 6) is 0.358. The first-order valence-electron chi connectivity index (χ1n) is 3.87. The zero-order valence-corrected chi connectivity index (χ0v) is 7.49. The van der Waals surface area contributed by atoms with E-state index in [2.05, 4.69) is 4.98 Å². The summed E-state index contributed by atoms with van der Waals surface area (Å²) in [4.78, 5) is 3.93. The summed E-state index contributed by atoms with van der Waals surface area (Å²) in [5, 5.41) is 0. The van der Waals surface area contributed by atoms with Crippen LogP contribution in [0.3, 0.4) is 0 Å². The Morgan fingerprint density at radius 3 is 2.85 bits per heavy atom. The van der Waals surface area contributed by atoms with Crippen molar-refractivity contribution in [2.45, 2.75) is 0 Å². The summed E-state index contributed by atoms with van der Waals surface area (Å²) in [6, 6.07) is 1.62. The average molecular weight is 183 g/mol. The van der Waals surface area contributed by atoms with E-state index in [-0.39, 0.29) is 0 Å². The first-order valence-corrected chi connectivity index (χ1v) is 3.87. The summed E-state index contributed by atoms with van der Waals surface area (Å²) in [6.45, 7) is 0.910. The van der Waals surface area contributed by atoms with Crippen LogP contribution in [-0.2, 0) is 4.74 Å². The number of nitrogen functional groups attached to an aromatic ring is 2. The Morgan fingerprint density at radius 1 is 1.38 bits per heavy atom. The number of hydrogen-bond acceptors (Lipinski definition) is 5.